The number of benzene rings is 1. The van der Waals surface area contributed by atoms with Crippen LogP contribution in [0.3, 0.4) is 0 Å². The molecule has 0 unspecified atom stereocenters. The van der Waals surface area contributed by atoms with E-state index in [0.717, 1.165) is 23.1 Å². The Bertz CT molecular complexity index is 339. The average Bonchev–Trinajstić information content (AvgIpc) is 2.08. The van der Waals surface area contributed by atoms with Crippen LogP contribution in [0.15, 0.2) is 22.7 Å². The fourth-order valence-electron chi connectivity index (χ4n) is 1.08. The van der Waals surface area contributed by atoms with E-state index < -0.39 is 0 Å². The van der Waals surface area contributed by atoms with Crippen molar-refractivity contribution in [3.8, 4) is 0 Å². The van der Waals surface area contributed by atoms with Crippen LogP contribution in [-0.2, 0) is 0 Å². The van der Waals surface area contributed by atoms with E-state index in [0.29, 0.717) is 4.99 Å². The van der Waals surface area contributed by atoms with Crippen LogP contribution in [0.25, 0.3) is 0 Å². The lowest BCUT2D eigenvalue weighted by Gasteiger charge is -2.08. The summed E-state index contributed by atoms with van der Waals surface area (Å²) in [5.74, 6) is 0. The van der Waals surface area contributed by atoms with Crippen LogP contribution in [0.4, 0.5) is 5.69 Å². The molecule has 0 atom stereocenters. The molecule has 0 amide bonds. The molecule has 3 N–H and O–H groups in total. The van der Waals surface area contributed by atoms with Crippen molar-refractivity contribution in [3.05, 3.63) is 28.2 Å². The van der Waals surface area contributed by atoms with Gasteiger partial charge in [-0.3, -0.25) is 0 Å². The van der Waals surface area contributed by atoms with Gasteiger partial charge in [-0.1, -0.05) is 18.3 Å². The van der Waals surface area contributed by atoms with Crippen molar-refractivity contribution < 1.29 is 0 Å². The van der Waals surface area contributed by atoms with Crippen molar-refractivity contribution in [2.24, 2.45) is 5.73 Å². The van der Waals surface area contributed by atoms with Gasteiger partial charge in [-0.25, -0.2) is 0 Å². The van der Waals surface area contributed by atoms with E-state index in [2.05, 4.69) is 40.3 Å². The number of nitrogens with two attached hydrogens (primary N) is 1. The number of rotatable bonds is 4. The van der Waals surface area contributed by atoms with Gasteiger partial charge in [0, 0.05) is 23.1 Å². The second-order valence-electron chi connectivity index (χ2n) is 3.13. The predicted octanol–water partition coefficient (Wildman–Crippen LogP) is 2.85. The van der Waals surface area contributed by atoms with Crippen LogP contribution in [0.5, 0.6) is 0 Å². The molecule has 0 aliphatic rings. The molecule has 1 aromatic rings. The largest absolute Gasteiger partial charge is 0.393 e. The molecule has 0 heterocycles. The Morgan fingerprint density at radius 1 is 1.57 bits per heavy atom. The zero-order chi connectivity index (χ0) is 10.6. The molecule has 0 bridgehead atoms. The predicted molar refractivity (Wildman–Crippen MR) is 68.8 cm³/mol. The summed E-state index contributed by atoms with van der Waals surface area (Å²) in [6.45, 7) is 2.83. The molecule has 0 aliphatic carbocycles. The van der Waals surface area contributed by atoms with Gasteiger partial charge >= 0.3 is 0 Å². The molecule has 76 valence electrons. The van der Waals surface area contributed by atoms with Crippen molar-refractivity contribution in [2.45, 2.75) is 13.3 Å². The molecule has 0 saturated carbocycles. The molecular formula is C10H13BrN2S. The number of thiocarbonyl (C=S) groups is 1. The van der Waals surface area contributed by atoms with E-state index in [1.165, 1.54) is 5.56 Å². The highest BCUT2D eigenvalue weighted by atomic mass is 79.9. The van der Waals surface area contributed by atoms with Crippen LogP contribution in [0.2, 0.25) is 0 Å². The Morgan fingerprint density at radius 2 is 2.29 bits per heavy atom. The number of hydrogen-bond donors (Lipinski definition) is 2. The molecule has 0 saturated heterocycles. The zero-order valence-electron chi connectivity index (χ0n) is 8.01. The van der Waals surface area contributed by atoms with E-state index in [9.17, 15) is 0 Å². The Morgan fingerprint density at radius 3 is 2.86 bits per heavy atom. The maximum absolute atomic E-state index is 5.40. The lowest BCUT2D eigenvalue weighted by Crippen LogP contribution is -2.14. The molecule has 0 spiro atoms. The summed E-state index contributed by atoms with van der Waals surface area (Å²) < 4.78 is 1.07. The molecule has 1 aromatic carbocycles. The van der Waals surface area contributed by atoms with Gasteiger partial charge < -0.3 is 11.1 Å². The standard InChI is InChI=1S/C10H13BrN2S/c1-7-2-3-9(8(11)6-7)13-5-4-10(12)14/h2-3,6,13H,4-5H2,1H3,(H2,12,14). The molecular weight excluding hydrogens is 260 g/mol. The first kappa shape index (κ1) is 11.5. The summed E-state index contributed by atoms with van der Waals surface area (Å²) in [5, 5.41) is 3.26. The van der Waals surface area contributed by atoms with Gasteiger partial charge in [0.05, 0.1) is 4.99 Å². The fraction of sp³-hybridized carbons (Fsp3) is 0.300. The molecule has 2 nitrogen and oxygen atoms in total. The number of aryl methyl sites for hydroxylation is 1. The number of halogens is 1. The summed E-state index contributed by atoms with van der Waals surface area (Å²) in [5.41, 5.74) is 7.71. The fourth-order valence-corrected chi connectivity index (χ4v) is 1.82. The Kier molecular flexibility index (Phi) is 4.35. The summed E-state index contributed by atoms with van der Waals surface area (Å²) in [6, 6.07) is 6.18. The van der Waals surface area contributed by atoms with Gasteiger partial charge in [0.1, 0.15) is 0 Å². The molecule has 14 heavy (non-hydrogen) atoms. The van der Waals surface area contributed by atoms with Crippen LogP contribution in [0, 0.1) is 6.92 Å². The van der Waals surface area contributed by atoms with Gasteiger partial charge in [-0.05, 0) is 40.5 Å². The molecule has 0 aromatic heterocycles. The molecule has 1 rings (SSSR count). The maximum atomic E-state index is 5.40. The lowest BCUT2D eigenvalue weighted by atomic mass is 10.2. The normalized spacial score (nSPS) is 9.86. The Balaban J connectivity index is 2.55. The first-order valence-electron chi connectivity index (χ1n) is 4.38. The van der Waals surface area contributed by atoms with Crippen LogP contribution in [0.1, 0.15) is 12.0 Å². The van der Waals surface area contributed by atoms with Crippen molar-refractivity contribution in [1.82, 2.24) is 0 Å². The Labute approximate surface area is 98.0 Å². The second kappa shape index (κ2) is 5.32. The molecule has 0 fully saturated rings. The number of nitrogens with one attached hydrogen (secondary N) is 1. The minimum absolute atomic E-state index is 0.542. The topological polar surface area (TPSA) is 38.0 Å². The number of hydrogen-bond acceptors (Lipinski definition) is 2. The third-order valence-electron chi connectivity index (χ3n) is 1.81. The van der Waals surface area contributed by atoms with E-state index in [-0.39, 0.29) is 0 Å². The average molecular weight is 273 g/mol. The van der Waals surface area contributed by atoms with Gasteiger partial charge in [-0.2, -0.15) is 0 Å². The Hall–Kier alpha value is -0.610. The highest BCUT2D eigenvalue weighted by molar-refractivity contribution is 9.10. The second-order valence-corrected chi connectivity index (χ2v) is 4.51. The summed E-state index contributed by atoms with van der Waals surface area (Å²) in [4.78, 5) is 0.542. The lowest BCUT2D eigenvalue weighted by molar-refractivity contribution is 1.11. The summed E-state index contributed by atoms with van der Waals surface area (Å²) in [6.07, 6.45) is 0.718. The highest BCUT2D eigenvalue weighted by Gasteiger charge is 1.98. The van der Waals surface area contributed by atoms with Crippen LogP contribution in [-0.4, -0.2) is 11.5 Å². The SMILES string of the molecule is Cc1ccc(NCCC(N)=S)c(Br)c1. The van der Waals surface area contributed by atoms with Gasteiger partial charge in [0.15, 0.2) is 0 Å². The molecule has 0 aliphatic heterocycles. The monoisotopic (exact) mass is 272 g/mol. The first-order valence-corrected chi connectivity index (χ1v) is 5.58. The smallest absolute Gasteiger partial charge is 0.0745 e. The van der Waals surface area contributed by atoms with Gasteiger partial charge in [0.2, 0.25) is 0 Å². The van der Waals surface area contributed by atoms with Crippen molar-refractivity contribution in [1.29, 1.82) is 0 Å². The van der Waals surface area contributed by atoms with Crippen molar-refractivity contribution >= 4 is 38.8 Å². The van der Waals surface area contributed by atoms with E-state index in [4.69, 9.17) is 18.0 Å². The van der Waals surface area contributed by atoms with E-state index >= 15 is 0 Å². The van der Waals surface area contributed by atoms with Crippen LogP contribution >= 0.6 is 28.1 Å². The third-order valence-corrected chi connectivity index (χ3v) is 2.67. The van der Waals surface area contributed by atoms with Crippen LogP contribution < -0.4 is 11.1 Å². The minimum atomic E-state index is 0.542. The number of anilines is 1. The first-order chi connectivity index (χ1) is 6.59. The quantitative estimate of drug-likeness (QED) is 0.828. The minimum Gasteiger partial charge on any atom is -0.393 e. The molecule has 0 radical (unpaired) electrons. The van der Waals surface area contributed by atoms with E-state index in [1.54, 1.807) is 0 Å². The van der Waals surface area contributed by atoms with Gasteiger partial charge in [0.25, 0.3) is 0 Å². The van der Waals surface area contributed by atoms with E-state index in [1.807, 2.05) is 6.07 Å². The summed E-state index contributed by atoms with van der Waals surface area (Å²) in [7, 11) is 0. The maximum Gasteiger partial charge on any atom is 0.0745 e. The van der Waals surface area contributed by atoms with Crippen molar-refractivity contribution in [2.75, 3.05) is 11.9 Å². The zero-order valence-corrected chi connectivity index (χ0v) is 10.4. The summed E-state index contributed by atoms with van der Waals surface area (Å²) >= 11 is 8.28. The van der Waals surface area contributed by atoms with Gasteiger partial charge in [-0.15, -0.1) is 0 Å². The molecule has 4 heteroatoms. The highest BCUT2D eigenvalue weighted by Crippen LogP contribution is 2.23. The van der Waals surface area contributed by atoms with Crippen molar-refractivity contribution in [3.63, 3.8) is 0 Å². The third kappa shape index (κ3) is 3.64.